The lowest BCUT2D eigenvalue weighted by atomic mass is 10.0. The first-order valence-corrected chi connectivity index (χ1v) is 6.89. The van der Waals surface area contributed by atoms with Crippen LogP contribution in [0.4, 0.5) is 0 Å². The molecule has 1 aliphatic rings. The van der Waals surface area contributed by atoms with Crippen LogP contribution >= 0.6 is 11.6 Å². The maximum atomic E-state index is 6.19. The fourth-order valence-electron chi connectivity index (χ4n) is 2.45. The van der Waals surface area contributed by atoms with Crippen LogP contribution in [-0.2, 0) is 16.0 Å². The third kappa shape index (κ3) is 2.44. The summed E-state index contributed by atoms with van der Waals surface area (Å²) in [5.41, 5.74) is 0.632. The highest BCUT2D eigenvalue weighted by Crippen LogP contribution is 2.29. The summed E-state index contributed by atoms with van der Waals surface area (Å²) >= 11 is 6.19. The Morgan fingerprint density at radius 1 is 1.35 bits per heavy atom. The van der Waals surface area contributed by atoms with Gasteiger partial charge in [0.2, 0.25) is 5.28 Å². The topological polar surface area (TPSA) is 49.2 Å². The van der Waals surface area contributed by atoms with Crippen LogP contribution in [-0.4, -0.2) is 40.7 Å². The molecule has 1 aliphatic heterocycles. The summed E-state index contributed by atoms with van der Waals surface area (Å²) in [4.78, 5) is 0. The van der Waals surface area contributed by atoms with E-state index in [1.54, 1.807) is 7.11 Å². The molecule has 0 N–H and O–H groups in total. The molecule has 1 fully saturated rings. The molecule has 2 aromatic rings. The van der Waals surface area contributed by atoms with Gasteiger partial charge in [0, 0.05) is 25.7 Å². The van der Waals surface area contributed by atoms with Crippen molar-refractivity contribution in [2.24, 2.45) is 0 Å². The molecule has 0 amide bonds. The molecule has 2 heterocycles. The van der Waals surface area contributed by atoms with E-state index < -0.39 is 0 Å². The van der Waals surface area contributed by atoms with E-state index >= 15 is 0 Å². The Morgan fingerprint density at radius 2 is 2.15 bits per heavy atom. The smallest absolute Gasteiger partial charge is 0.225 e. The van der Waals surface area contributed by atoms with Gasteiger partial charge in [-0.25, -0.2) is 0 Å². The van der Waals surface area contributed by atoms with Crippen LogP contribution in [0.3, 0.4) is 0 Å². The highest BCUT2D eigenvalue weighted by atomic mass is 35.5. The Hall–Kier alpha value is -1.43. The molecular weight excluding hydrogens is 278 g/mol. The van der Waals surface area contributed by atoms with E-state index in [-0.39, 0.29) is 5.60 Å². The van der Waals surface area contributed by atoms with Crippen LogP contribution in [0.15, 0.2) is 30.3 Å². The zero-order chi connectivity index (χ0) is 14.0. The Labute approximate surface area is 122 Å². The molecule has 1 saturated heterocycles. The van der Waals surface area contributed by atoms with Crippen molar-refractivity contribution >= 4 is 11.6 Å². The SMILES string of the molecule is COC1(Cn2c(Cl)nnc2-c2ccccc2)CCOC1. The number of benzene rings is 1. The Bertz CT molecular complexity index is 579. The van der Waals surface area contributed by atoms with E-state index in [4.69, 9.17) is 21.1 Å². The summed E-state index contributed by atoms with van der Waals surface area (Å²) in [6.07, 6.45) is 0.840. The molecule has 5 nitrogen and oxygen atoms in total. The average molecular weight is 294 g/mol. The van der Waals surface area contributed by atoms with Crippen molar-refractivity contribution in [3.05, 3.63) is 35.6 Å². The normalized spacial score (nSPS) is 22.3. The van der Waals surface area contributed by atoms with Gasteiger partial charge in [-0.3, -0.25) is 4.57 Å². The van der Waals surface area contributed by atoms with Gasteiger partial charge < -0.3 is 9.47 Å². The lowest BCUT2D eigenvalue weighted by Crippen LogP contribution is -2.37. The molecule has 1 aromatic carbocycles. The summed E-state index contributed by atoms with van der Waals surface area (Å²) in [6.45, 7) is 1.85. The minimum Gasteiger partial charge on any atom is -0.378 e. The maximum Gasteiger partial charge on any atom is 0.225 e. The molecule has 3 rings (SSSR count). The summed E-state index contributed by atoms with van der Waals surface area (Å²) in [6, 6.07) is 9.87. The van der Waals surface area contributed by atoms with Gasteiger partial charge >= 0.3 is 0 Å². The van der Waals surface area contributed by atoms with Crippen LogP contribution in [0.2, 0.25) is 5.28 Å². The molecule has 0 spiro atoms. The van der Waals surface area contributed by atoms with Gasteiger partial charge in [-0.1, -0.05) is 30.3 Å². The van der Waals surface area contributed by atoms with Crippen LogP contribution in [0, 0.1) is 0 Å². The number of hydrogen-bond acceptors (Lipinski definition) is 4. The predicted molar refractivity (Wildman–Crippen MR) is 75.6 cm³/mol. The van der Waals surface area contributed by atoms with Crippen LogP contribution in [0.5, 0.6) is 0 Å². The van der Waals surface area contributed by atoms with Gasteiger partial charge in [0.15, 0.2) is 5.82 Å². The van der Waals surface area contributed by atoms with Crippen LogP contribution in [0.25, 0.3) is 11.4 Å². The van der Waals surface area contributed by atoms with Crippen LogP contribution in [0.1, 0.15) is 6.42 Å². The number of nitrogens with zero attached hydrogens (tertiary/aromatic N) is 3. The highest BCUT2D eigenvalue weighted by molar-refractivity contribution is 6.28. The van der Waals surface area contributed by atoms with E-state index in [1.807, 2.05) is 34.9 Å². The van der Waals surface area contributed by atoms with Gasteiger partial charge in [0.05, 0.1) is 13.2 Å². The van der Waals surface area contributed by atoms with E-state index in [0.717, 1.165) is 17.8 Å². The summed E-state index contributed by atoms with van der Waals surface area (Å²) in [7, 11) is 1.70. The number of hydrogen-bond donors (Lipinski definition) is 0. The molecule has 0 radical (unpaired) electrons. The third-order valence-electron chi connectivity index (χ3n) is 3.68. The zero-order valence-corrected chi connectivity index (χ0v) is 12.0. The first-order valence-electron chi connectivity index (χ1n) is 6.51. The van der Waals surface area contributed by atoms with Gasteiger partial charge in [0.1, 0.15) is 5.60 Å². The number of ether oxygens (including phenoxy) is 2. The Balaban J connectivity index is 1.96. The van der Waals surface area contributed by atoms with Gasteiger partial charge in [0.25, 0.3) is 0 Å². The molecule has 0 saturated carbocycles. The summed E-state index contributed by atoms with van der Waals surface area (Å²) < 4.78 is 13.0. The minimum atomic E-state index is -0.352. The van der Waals surface area contributed by atoms with E-state index in [9.17, 15) is 0 Å². The first kappa shape index (κ1) is 13.5. The molecule has 0 aliphatic carbocycles. The first-order chi connectivity index (χ1) is 9.74. The van der Waals surface area contributed by atoms with E-state index in [2.05, 4.69) is 10.2 Å². The van der Waals surface area contributed by atoms with Crippen molar-refractivity contribution in [3.63, 3.8) is 0 Å². The molecule has 1 unspecified atom stereocenters. The van der Waals surface area contributed by atoms with Crippen molar-refractivity contribution in [3.8, 4) is 11.4 Å². The van der Waals surface area contributed by atoms with Crippen LogP contribution < -0.4 is 0 Å². The molecule has 0 bridgehead atoms. The second kappa shape index (κ2) is 5.52. The van der Waals surface area contributed by atoms with Crippen molar-refractivity contribution < 1.29 is 9.47 Å². The Morgan fingerprint density at radius 3 is 2.80 bits per heavy atom. The molecule has 106 valence electrons. The molecule has 1 atom stereocenters. The minimum absolute atomic E-state index is 0.352. The molecule has 6 heteroatoms. The number of rotatable bonds is 4. The fourth-order valence-corrected chi connectivity index (χ4v) is 2.63. The maximum absolute atomic E-state index is 6.19. The number of methoxy groups -OCH3 is 1. The average Bonchev–Trinajstić information content (AvgIpc) is 3.09. The largest absolute Gasteiger partial charge is 0.378 e. The number of halogens is 1. The predicted octanol–water partition coefficient (Wildman–Crippen LogP) is 2.40. The standard InChI is InChI=1S/C14H16ClN3O2/c1-19-14(7-8-20-10-14)9-18-12(16-17-13(18)15)11-5-3-2-4-6-11/h2-6H,7-10H2,1H3. The van der Waals surface area contributed by atoms with Gasteiger partial charge in [-0.2, -0.15) is 0 Å². The van der Waals surface area contributed by atoms with E-state index in [0.29, 0.717) is 25.0 Å². The lowest BCUT2D eigenvalue weighted by Gasteiger charge is -2.26. The summed E-state index contributed by atoms with van der Waals surface area (Å²) in [5.74, 6) is 0.749. The molecule has 1 aromatic heterocycles. The second-order valence-electron chi connectivity index (χ2n) is 4.93. The zero-order valence-electron chi connectivity index (χ0n) is 11.3. The van der Waals surface area contributed by atoms with Gasteiger partial charge in [-0.15, -0.1) is 10.2 Å². The van der Waals surface area contributed by atoms with Crippen molar-refractivity contribution in [2.45, 2.75) is 18.6 Å². The molecule has 20 heavy (non-hydrogen) atoms. The fraction of sp³-hybridized carbons (Fsp3) is 0.429. The quantitative estimate of drug-likeness (QED) is 0.868. The van der Waals surface area contributed by atoms with Crippen molar-refractivity contribution in [2.75, 3.05) is 20.3 Å². The van der Waals surface area contributed by atoms with Crippen molar-refractivity contribution in [1.82, 2.24) is 14.8 Å². The third-order valence-corrected chi connectivity index (χ3v) is 3.96. The monoisotopic (exact) mass is 293 g/mol. The summed E-state index contributed by atoms with van der Waals surface area (Å²) in [5, 5.41) is 8.53. The van der Waals surface area contributed by atoms with Gasteiger partial charge in [-0.05, 0) is 11.6 Å². The van der Waals surface area contributed by atoms with E-state index in [1.165, 1.54) is 0 Å². The van der Waals surface area contributed by atoms with Crippen molar-refractivity contribution in [1.29, 1.82) is 0 Å². The second-order valence-corrected chi connectivity index (χ2v) is 5.27. The number of aromatic nitrogens is 3. The molecular formula is C14H16ClN3O2. The lowest BCUT2D eigenvalue weighted by molar-refractivity contribution is -0.0292. The highest BCUT2D eigenvalue weighted by Gasteiger charge is 2.36. The Kier molecular flexibility index (Phi) is 3.74.